The molecule has 4 aromatic rings. The van der Waals surface area contributed by atoms with Gasteiger partial charge in [-0.2, -0.15) is 0 Å². The number of ether oxygens (including phenoxy) is 1. The van der Waals surface area contributed by atoms with Crippen LogP contribution >= 0.6 is 23.2 Å². The van der Waals surface area contributed by atoms with Gasteiger partial charge in [-0.25, -0.2) is 14.4 Å². The minimum absolute atomic E-state index is 0.0149. The Hall–Kier alpha value is -3.87. The van der Waals surface area contributed by atoms with Crippen LogP contribution in [0.15, 0.2) is 54.9 Å². The van der Waals surface area contributed by atoms with Crippen LogP contribution in [-0.4, -0.2) is 65.4 Å². The molecule has 1 unspecified atom stereocenters. The third kappa shape index (κ3) is 7.86. The highest BCUT2D eigenvalue weighted by atomic mass is 35.5. The summed E-state index contributed by atoms with van der Waals surface area (Å²) in [4.78, 5) is 24.9. The summed E-state index contributed by atoms with van der Waals surface area (Å²) in [7, 11) is 1.56. The van der Waals surface area contributed by atoms with Crippen LogP contribution in [0.2, 0.25) is 10.0 Å². The largest absolute Gasteiger partial charge is 0.481 e. The fourth-order valence-electron chi connectivity index (χ4n) is 5.10. The molecule has 5 N–H and O–H groups in total. The Morgan fingerprint density at radius 2 is 1.87 bits per heavy atom. The number of methoxy groups -OCH3 is 1. The number of carbonyl (C=O) groups is 1. The van der Waals surface area contributed by atoms with Crippen molar-refractivity contribution in [2.45, 2.75) is 31.8 Å². The second kappa shape index (κ2) is 15.4. The first-order valence-electron chi connectivity index (χ1n) is 14.6. The van der Waals surface area contributed by atoms with Crippen molar-refractivity contribution in [2.75, 3.05) is 38.7 Å². The number of hydrogen-bond donors (Lipinski definition) is 5. The molecule has 10 nitrogen and oxygen atoms in total. The summed E-state index contributed by atoms with van der Waals surface area (Å²) in [5, 5.41) is 21.9. The number of rotatable bonds is 14. The highest BCUT2D eigenvalue weighted by Gasteiger charge is 2.21. The molecule has 1 aliphatic heterocycles. The maximum atomic E-state index is 15.3. The highest BCUT2D eigenvalue weighted by molar-refractivity contribution is 6.39. The third-order valence-electron chi connectivity index (χ3n) is 7.42. The van der Waals surface area contributed by atoms with Gasteiger partial charge in [-0.05, 0) is 49.2 Å². The molecule has 4 heterocycles. The molecule has 0 bridgehead atoms. The quantitative estimate of drug-likeness (QED) is 0.121. The van der Waals surface area contributed by atoms with Crippen molar-refractivity contribution in [3.8, 4) is 28.4 Å². The number of aliphatic hydroxyl groups excluding tert-OH is 1. The topological polar surface area (TPSA) is 133 Å². The number of hydrogen-bond acceptors (Lipinski definition) is 9. The van der Waals surface area contributed by atoms with Gasteiger partial charge in [0, 0.05) is 61.2 Å². The fourth-order valence-corrected chi connectivity index (χ4v) is 5.67. The second-order valence-corrected chi connectivity index (χ2v) is 11.2. The number of aliphatic hydroxyl groups is 1. The molecule has 1 fully saturated rings. The van der Waals surface area contributed by atoms with E-state index in [-0.39, 0.29) is 24.4 Å². The number of halogens is 3. The van der Waals surface area contributed by atoms with E-state index in [2.05, 4.69) is 31.2 Å². The van der Waals surface area contributed by atoms with E-state index in [1.807, 2.05) is 12.1 Å². The molecular formula is C32H34Cl2FN7O3. The average Bonchev–Trinajstić information content (AvgIpc) is 3.47. The van der Waals surface area contributed by atoms with Crippen LogP contribution in [0, 0.1) is 5.82 Å². The van der Waals surface area contributed by atoms with Crippen LogP contribution in [0.25, 0.3) is 22.5 Å². The molecule has 0 spiro atoms. The number of nitrogens with one attached hydrogen (secondary N) is 4. The van der Waals surface area contributed by atoms with E-state index in [4.69, 9.17) is 38.0 Å². The summed E-state index contributed by atoms with van der Waals surface area (Å²) < 4.78 is 20.8. The van der Waals surface area contributed by atoms with Gasteiger partial charge in [-0.3, -0.25) is 9.78 Å². The zero-order chi connectivity index (χ0) is 31.8. The zero-order valence-corrected chi connectivity index (χ0v) is 26.2. The summed E-state index contributed by atoms with van der Waals surface area (Å²) in [5.41, 5.74) is 3.99. The Kier molecular flexibility index (Phi) is 11.1. The van der Waals surface area contributed by atoms with Gasteiger partial charge < -0.3 is 31.1 Å². The summed E-state index contributed by atoms with van der Waals surface area (Å²) in [6, 6.07) is 12.6. The Morgan fingerprint density at radius 3 is 2.64 bits per heavy atom. The third-order valence-corrected chi connectivity index (χ3v) is 8.21. The first-order valence-corrected chi connectivity index (χ1v) is 15.3. The molecule has 13 heteroatoms. The van der Waals surface area contributed by atoms with E-state index in [9.17, 15) is 4.79 Å². The molecule has 45 heavy (non-hydrogen) atoms. The van der Waals surface area contributed by atoms with Gasteiger partial charge in [0.25, 0.3) is 0 Å². The molecule has 5 rings (SSSR count). The van der Waals surface area contributed by atoms with Gasteiger partial charge in [0.2, 0.25) is 11.8 Å². The van der Waals surface area contributed by atoms with Crippen molar-refractivity contribution in [1.29, 1.82) is 0 Å². The maximum Gasteiger partial charge on any atom is 0.220 e. The Balaban J connectivity index is 1.35. The first kappa shape index (κ1) is 32.5. The van der Waals surface area contributed by atoms with Crippen LogP contribution in [0.1, 0.15) is 24.0 Å². The van der Waals surface area contributed by atoms with Crippen LogP contribution in [-0.2, 0) is 17.8 Å². The van der Waals surface area contributed by atoms with Crippen LogP contribution in [0.5, 0.6) is 5.88 Å². The Morgan fingerprint density at radius 1 is 1.02 bits per heavy atom. The number of carbonyl (C=O) groups excluding carboxylic acids is 1. The summed E-state index contributed by atoms with van der Waals surface area (Å²) >= 11 is 13.8. The highest BCUT2D eigenvalue weighted by Crippen LogP contribution is 2.40. The van der Waals surface area contributed by atoms with Gasteiger partial charge >= 0.3 is 0 Å². The minimum Gasteiger partial charge on any atom is -0.481 e. The number of pyridine rings is 3. The van der Waals surface area contributed by atoms with Crippen LogP contribution in [0.3, 0.4) is 0 Å². The molecule has 0 aliphatic carbocycles. The number of benzene rings is 1. The normalized spacial score (nSPS) is 14.4. The number of amides is 1. The lowest BCUT2D eigenvalue weighted by Crippen LogP contribution is -2.35. The van der Waals surface area contributed by atoms with Gasteiger partial charge in [0.15, 0.2) is 11.6 Å². The van der Waals surface area contributed by atoms with Crippen molar-refractivity contribution in [2.24, 2.45) is 0 Å². The van der Waals surface area contributed by atoms with Crippen molar-refractivity contribution < 1.29 is 19.0 Å². The van der Waals surface area contributed by atoms with Crippen LogP contribution in [0.4, 0.5) is 15.9 Å². The van der Waals surface area contributed by atoms with Gasteiger partial charge in [-0.15, -0.1) is 0 Å². The predicted octanol–water partition coefficient (Wildman–Crippen LogP) is 4.90. The lowest BCUT2D eigenvalue weighted by molar-refractivity contribution is -0.119. The summed E-state index contributed by atoms with van der Waals surface area (Å²) in [6.07, 6.45) is 4.96. The molecule has 3 aromatic heterocycles. The average molecular weight is 655 g/mol. The van der Waals surface area contributed by atoms with Gasteiger partial charge in [-0.1, -0.05) is 41.4 Å². The molecule has 1 atom stereocenters. The smallest absolute Gasteiger partial charge is 0.220 e. The zero-order valence-electron chi connectivity index (χ0n) is 24.7. The molecule has 1 aliphatic rings. The first-order chi connectivity index (χ1) is 21.9. The van der Waals surface area contributed by atoms with E-state index in [0.717, 1.165) is 12.0 Å². The van der Waals surface area contributed by atoms with Gasteiger partial charge in [0.1, 0.15) is 0 Å². The van der Waals surface area contributed by atoms with E-state index in [0.29, 0.717) is 88.7 Å². The van der Waals surface area contributed by atoms with Gasteiger partial charge in [0.05, 0.1) is 40.8 Å². The van der Waals surface area contributed by atoms with Crippen molar-refractivity contribution >= 4 is 40.6 Å². The van der Waals surface area contributed by atoms with E-state index in [1.54, 1.807) is 43.6 Å². The minimum atomic E-state index is -0.480. The summed E-state index contributed by atoms with van der Waals surface area (Å²) in [6.45, 7) is 2.14. The summed E-state index contributed by atoms with van der Waals surface area (Å²) in [5.74, 6) is 0.0985. The molecule has 1 aromatic carbocycles. The van der Waals surface area contributed by atoms with E-state index >= 15 is 4.39 Å². The standard InChI is InChI=1S/C32H34Cl2FN7O3/c1-45-32-20(17-37-18-21-6-8-26(44)40-21)5-7-24(42-32)22-11-14-38-30(28(22)34)23-3-2-4-25(27(23)33)41-31-29(35)19(10-13-39-31)9-12-36-15-16-43/h2-5,7,10-11,13-14,21,36-37,43H,6,8-9,12,15-18H2,1H3,(H,39,41)(H,40,44). The predicted molar refractivity (Wildman–Crippen MR) is 173 cm³/mol. The molecule has 1 saturated heterocycles. The molecule has 0 radical (unpaired) electrons. The lowest BCUT2D eigenvalue weighted by atomic mass is 10.1. The second-order valence-electron chi connectivity index (χ2n) is 10.5. The van der Waals surface area contributed by atoms with Crippen molar-refractivity contribution in [1.82, 2.24) is 30.9 Å². The molecule has 1 amide bonds. The molecule has 236 valence electrons. The lowest BCUT2D eigenvalue weighted by Gasteiger charge is -2.16. The molecule has 0 saturated carbocycles. The number of anilines is 2. The number of nitrogens with zero attached hydrogens (tertiary/aromatic N) is 3. The van der Waals surface area contributed by atoms with E-state index in [1.165, 1.54) is 6.20 Å². The Bertz CT molecular complexity index is 1660. The SMILES string of the molecule is COc1nc(-c2ccnc(-c3cccc(Nc4nccc(CCNCCO)c4F)c3Cl)c2Cl)ccc1CNCC1CCC(=O)N1. The van der Waals surface area contributed by atoms with Crippen molar-refractivity contribution in [3.05, 3.63) is 81.8 Å². The maximum absolute atomic E-state index is 15.3. The van der Waals surface area contributed by atoms with E-state index < -0.39 is 5.82 Å². The molecular weight excluding hydrogens is 620 g/mol. The number of aromatic nitrogens is 3. The fraction of sp³-hybridized carbons (Fsp3) is 0.312. The Labute approximate surface area is 270 Å². The van der Waals surface area contributed by atoms with Crippen LogP contribution < -0.4 is 26.0 Å². The monoisotopic (exact) mass is 653 g/mol. The van der Waals surface area contributed by atoms with Crippen molar-refractivity contribution in [3.63, 3.8) is 0 Å².